The molecule has 158 valence electrons. The Labute approximate surface area is 180 Å². The Hall–Kier alpha value is -3.87. The van der Waals surface area contributed by atoms with Crippen LogP contribution < -0.4 is 9.47 Å². The van der Waals surface area contributed by atoms with Crippen LogP contribution in [-0.4, -0.2) is 36.5 Å². The molecule has 1 amide bonds. The van der Waals surface area contributed by atoms with E-state index in [2.05, 4.69) is 0 Å². The van der Waals surface area contributed by atoms with Crippen molar-refractivity contribution in [3.05, 3.63) is 99.1 Å². The molecule has 0 aliphatic carbocycles. The van der Waals surface area contributed by atoms with Gasteiger partial charge in [0.05, 0.1) is 25.2 Å². The predicted molar refractivity (Wildman–Crippen MR) is 116 cm³/mol. The summed E-state index contributed by atoms with van der Waals surface area (Å²) in [5.41, 5.74) is 3.17. The van der Waals surface area contributed by atoms with Gasteiger partial charge in [0, 0.05) is 24.2 Å². The summed E-state index contributed by atoms with van der Waals surface area (Å²) in [7, 11) is 3.18. The first kappa shape index (κ1) is 20.4. The Morgan fingerprint density at radius 3 is 2.39 bits per heavy atom. The number of nitrogens with zero attached hydrogens (tertiary/aromatic N) is 2. The molecule has 7 nitrogen and oxygen atoms in total. The third-order valence-electron chi connectivity index (χ3n) is 5.55. The number of non-ortho nitro benzene ring substituents is 1. The number of carbonyl (C=O) groups is 1. The molecule has 0 spiro atoms. The molecule has 1 atom stereocenters. The number of rotatable bonds is 5. The molecule has 0 saturated heterocycles. The Balaban J connectivity index is 1.83. The molecular formula is C24H22N2O5. The second kappa shape index (κ2) is 8.47. The van der Waals surface area contributed by atoms with Gasteiger partial charge in [0.1, 0.15) is 0 Å². The highest BCUT2D eigenvalue weighted by molar-refractivity contribution is 5.95. The fraction of sp³-hybridized carbons (Fsp3) is 0.208. The SMILES string of the molecule is COc1cc2c(cc1OC)C(c1ccccc1)N(C(=O)c1cccc([N+](=O)[O-])c1)CC2. The van der Waals surface area contributed by atoms with Crippen LogP contribution in [0, 0.1) is 10.1 Å². The number of benzene rings is 3. The fourth-order valence-electron chi connectivity index (χ4n) is 4.08. The van der Waals surface area contributed by atoms with E-state index < -0.39 is 4.92 Å². The molecule has 0 N–H and O–H groups in total. The number of fused-ring (bicyclic) bond motifs is 1. The van der Waals surface area contributed by atoms with E-state index in [1.165, 1.54) is 18.2 Å². The summed E-state index contributed by atoms with van der Waals surface area (Å²) in [6.45, 7) is 0.476. The van der Waals surface area contributed by atoms with E-state index in [1.54, 1.807) is 25.2 Å². The molecule has 0 radical (unpaired) electrons. The van der Waals surface area contributed by atoms with Gasteiger partial charge >= 0.3 is 0 Å². The molecule has 7 heteroatoms. The van der Waals surface area contributed by atoms with Crippen molar-refractivity contribution < 1.29 is 19.2 Å². The maximum Gasteiger partial charge on any atom is 0.270 e. The lowest BCUT2D eigenvalue weighted by Gasteiger charge is -2.38. The van der Waals surface area contributed by atoms with E-state index in [0.29, 0.717) is 30.0 Å². The summed E-state index contributed by atoms with van der Waals surface area (Å²) in [5, 5.41) is 11.2. The molecule has 3 aromatic carbocycles. The first-order valence-corrected chi connectivity index (χ1v) is 9.88. The van der Waals surface area contributed by atoms with Crippen molar-refractivity contribution in [1.82, 2.24) is 4.90 Å². The molecule has 0 bridgehead atoms. The highest BCUT2D eigenvalue weighted by atomic mass is 16.6. The van der Waals surface area contributed by atoms with Crippen LogP contribution in [0.1, 0.15) is 33.1 Å². The Morgan fingerprint density at radius 2 is 1.71 bits per heavy atom. The lowest BCUT2D eigenvalue weighted by Crippen LogP contribution is -2.40. The van der Waals surface area contributed by atoms with Gasteiger partial charge in [-0.2, -0.15) is 0 Å². The first-order valence-electron chi connectivity index (χ1n) is 9.88. The van der Waals surface area contributed by atoms with E-state index in [1.807, 2.05) is 42.5 Å². The molecule has 0 saturated carbocycles. The topological polar surface area (TPSA) is 81.9 Å². The van der Waals surface area contributed by atoms with Crippen LogP contribution in [0.25, 0.3) is 0 Å². The van der Waals surface area contributed by atoms with Gasteiger partial charge in [0.25, 0.3) is 11.6 Å². The first-order chi connectivity index (χ1) is 15.0. The standard InChI is InChI=1S/C24H22N2O5/c1-30-21-14-17-11-12-25(24(27)18-9-6-10-19(13-18)26(28)29)23(16-7-4-3-5-8-16)20(17)15-22(21)31-2/h3-10,13-15,23H,11-12H2,1-2H3. The van der Waals surface area contributed by atoms with Crippen molar-refractivity contribution in [2.45, 2.75) is 12.5 Å². The number of amides is 1. The number of nitro benzene ring substituents is 1. The zero-order valence-corrected chi connectivity index (χ0v) is 17.3. The Kier molecular flexibility index (Phi) is 5.58. The number of hydrogen-bond acceptors (Lipinski definition) is 5. The van der Waals surface area contributed by atoms with Crippen LogP contribution >= 0.6 is 0 Å². The summed E-state index contributed by atoms with van der Waals surface area (Å²) in [5.74, 6) is 0.983. The van der Waals surface area contributed by atoms with Crippen LogP contribution in [0.15, 0.2) is 66.7 Å². The van der Waals surface area contributed by atoms with Gasteiger partial charge in [0.15, 0.2) is 11.5 Å². The summed E-state index contributed by atoms with van der Waals surface area (Å²) < 4.78 is 11.0. The van der Waals surface area contributed by atoms with Gasteiger partial charge in [-0.25, -0.2) is 0 Å². The van der Waals surface area contributed by atoms with Crippen molar-refractivity contribution in [3.63, 3.8) is 0 Å². The quantitative estimate of drug-likeness (QED) is 0.453. The molecule has 4 rings (SSSR count). The monoisotopic (exact) mass is 418 g/mol. The molecule has 31 heavy (non-hydrogen) atoms. The molecule has 0 fully saturated rings. The number of ether oxygens (including phenoxy) is 2. The summed E-state index contributed by atoms with van der Waals surface area (Å²) in [6, 6.07) is 19.1. The number of carbonyl (C=O) groups excluding carboxylic acids is 1. The van der Waals surface area contributed by atoms with Crippen LogP contribution in [-0.2, 0) is 6.42 Å². The predicted octanol–water partition coefficient (Wildman–Crippen LogP) is 4.40. The van der Waals surface area contributed by atoms with Crippen LogP contribution in [0.4, 0.5) is 5.69 Å². The Bertz CT molecular complexity index is 1130. The lowest BCUT2D eigenvalue weighted by molar-refractivity contribution is -0.384. The van der Waals surface area contributed by atoms with Crippen molar-refractivity contribution in [2.24, 2.45) is 0 Å². The average Bonchev–Trinajstić information content (AvgIpc) is 2.82. The fourth-order valence-corrected chi connectivity index (χ4v) is 4.08. The molecule has 1 unspecified atom stereocenters. The number of nitro groups is 1. The van der Waals surface area contributed by atoms with E-state index in [9.17, 15) is 14.9 Å². The van der Waals surface area contributed by atoms with Crippen LogP contribution in [0.5, 0.6) is 11.5 Å². The minimum Gasteiger partial charge on any atom is -0.493 e. The van der Waals surface area contributed by atoms with Gasteiger partial charge in [-0.05, 0) is 41.3 Å². The number of hydrogen-bond donors (Lipinski definition) is 0. The molecule has 3 aromatic rings. The van der Waals surface area contributed by atoms with Crippen molar-refractivity contribution in [3.8, 4) is 11.5 Å². The largest absolute Gasteiger partial charge is 0.493 e. The normalized spacial score (nSPS) is 15.2. The maximum atomic E-state index is 13.5. The summed E-state index contributed by atoms with van der Waals surface area (Å²) in [4.78, 5) is 26.0. The maximum absolute atomic E-state index is 13.5. The van der Waals surface area contributed by atoms with E-state index in [4.69, 9.17) is 9.47 Å². The van der Waals surface area contributed by atoms with Crippen molar-refractivity contribution in [2.75, 3.05) is 20.8 Å². The average molecular weight is 418 g/mol. The molecular weight excluding hydrogens is 396 g/mol. The minimum atomic E-state index is -0.492. The lowest BCUT2D eigenvalue weighted by atomic mass is 9.87. The molecule has 1 heterocycles. The summed E-state index contributed by atoms with van der Waals surface area (Å²) >= 11 is 0. The van der Waals surface area contributed by atoms with Crippen molar-refractivity contribution >= 4 is 11.6 Å². The smallest absolute Gasteiger partial charge is 0.270 e. The van der Waals surface area contributed by atoms with Crippen LogP contribution in [0.2, 0.25) is 0 Å². The van der Waals surface area contributed by atoms with E-state index in [-0.39, 0.29) is 17.6 Å². The van der Waals surface area contributed by atoms with Gasteiger partial charge in [-0.3, -0.25) is 14.9 Å². The van der Waals surface area contributed by atoms with Crippen LogP contribution in [0.3, 0.4) is 0 Å². The zero-order chi connectivity index (χ0) is 22.0. The van der Waals surface area contributed by atoms with Gasteiger partial charge in [0.2, 0.25) is 0 Å². The third-order valence-corrected chi connectivity index (χ3v) is 5.55. The third kappa shape index (κ3) is 3.82. The second-order valence-corrected chi connectivity index (χ2v) is 7.28. The van der Waals surface area contributed by atoms with E-state index in [0.717, 1.165) is 16.7 Å². The van der Waals surface area contributed by atoms with Gasteiger partial charge in [-0.1, -0.05) is 36.4 Å². The highest BCUT2D eigenvalue weighted by Gasteiger charge is 2.34. The summed E-state index contributed by atoms with van der Waals surface area (Å²) in [6.07, 6.45) is 0.639. The zero-order valence-electron chi connectivity index (χ0n) is 17.3. The highest BCUT2D eigenvalue weighted by Crippen LogP contribution is 2.41. The second-order valence-electron chi connectivity index (χ2n) is 7.28. The van der Waals surface area contributed by atoms with Gasteiger partial charge < -0.3 is 14.4 Å². The Morgan fingerprint density at radius 1 is 1.00 bits per heavy atom. The molecule has 1 aliphatic rings. The molecule has 0 aromatic heterocycles. The van der Waals surface area contributed by atoms with E-state index >= 15 is 0 Å². The van der Waals surface area contributed by atoms with Crippen molar-refractivity contribution in [1.29, 1.82) is 0 Å². The molecule has 1 aliphatic heterocycles. The number of methoxy groups -OCH3 is 2. The minimum absolute atomic E-state index is 0.106. The van der Waals surface area contributed by atoms with Gasteiger partial charge in [-0.15, -0.1) is 0 Å².